The Morgan fingerprint density at radius 2 is 2.24 bits per heavy atom. The van der Waals surface area contributed by atoms with E-state index >= 15 is 0 Å². The number of halogens is 1. The van der Waals surface area contributed by atoms with Gasteiger partial charge in [-0.3, -0.25) is 4.79 Å². The van der Waals surface area contributed by atoms with Crippen molar-refractivity contribution in [1.82, 2.24) is 5.32 Å². The Kier molecular flexibility index (Phi) is 3.31. The molecule has 0 saturated heterocycles. The first-order valence-corrected chi connectivity index (χ1v) is 5.88. The summed E-state index contributed by atoms with van der Waals surface area (Å²) in [4.78, 5) is 11.9. The van der Waals surface area contributed by atoms with Crippen molar-refractivity contribution < 1.29 is 14.3 Å². The summed E-state index contributed by atoms with van der Waals surface area (Å²) in [7, 11) is 0. The molecule has 0 aromatic heterocycles. The maximum Gasteiger partial charge on any atom is 0.258 e. The fourth-order valence-electron chi connectivity index (χ4n) is 2.34. The first-order valence-electron chi connectivity index (χ1n) is 5.88. The van der Waals surface area contributed by atoms with Gasteiger partial charge in [-0.25, -0.2) is 4.39 Å². The van der Waals surface area contributed by atoms with E-state index in [9.17, 15) is 14.3 Å². The Labute approximate surface area is 99.7 Å². The fourth-order valence-corrected chi connectivity index (χ4v) is 2.34. The average Bonchev–Trinajstić information content (AvgIpc) is 2.64. The highest BCUT2D eigenvalue weighted by atomic mass is 19.1. The number of benzene rings is 1. The van der Waals surface area contributed by atoms with Gasteiger partial charge in [0.15, 0.2) is 0 Å². The van der Waals surface area contributed by atoms with Crippen molar-refractivity contribution in [1.29, 1.82) is 0 Å². The van der Waals surface area contributed by atoms with Gasteiger partial charge in [-0.2, -0.15) is 0 Å². The van der Waals surface area contributed by atoms with E-state index in [2.05, 4.69) is 12.2 Å². The number of amides is 1. The van der Waals surface area contributed by atoms with E-state index in [0.717, 1.165) is 19.3 Å². The lowest BCUT2D eigenvalue weighted by Crippen LogP contribution is -2.36. The van der Waals surface area contributed by atoms with Crippen LogP contribution in [-0.2, 0) is 0 Å². The normalized spacial score (nSPS) is 23.6. The van der Waals surface area contributed by atoms with Crippen LogP contribution in [0, 0.1) is 11.7 Å². The van der Waals surface area contributed by atoms with Gasteiger partial charge >= 0.3 is 0 Å². The van der Waals surface area contributed by atoms with Gasteiger partial charge in [0.1, 0.15) is 17.1 Å². The molecule has 2 rings (SSSR count). The molecule has 1 aliphatic carbocycles. The molecule has 1 amide bonds. The summed E-state index contributed by atoms with van der Waals surface area (Å²) in [5.74, 6) is -1.12. The summed E-state index contributed by atoms with van der Waals surface area (Å²) in [6.07, 6.45) is 3.08. The highest BCUT2D eigenvalue weighted by molar-refractivity contribution is 5.97. The maximum atomic E-state index is 13.5. The lowest BCUT2D eigenvalue weighted by Gasteiger charge is -2.17. The SMILES string of the molecule is CC1CCCC1NC(=O)c1c(O)cccc1F. The molecular formula is C13H16FNO2. The van der Waals surface area contributed by atoms with E-state index in [0.29, 0.717) is 5.92 Å². The first kappa shape index (κ1) is 11.9. The van der Waals surface area contributed by atoms with Gasteiger partial charge < -0.3 is 10.4 Å². The molecule has 0 spiro atoms. The zero-order valence-corrected chi connectivity index (χ0v) is 9.74. The summed E-state index contributed by atoms with van der Waals surface area (Å²) in [6, 6.07) is 3.95. The van der Waals surface area contributed by atoms with Crippen LogP contribution in [0.4, 0.5) is 4.39 Å². The summed E-state index contributed by atoms with van der Waals surface area (Å²) < 4.78 is 13.5. The topological polar surface area (TPSA) is 49.3 Å². The Balaban J connectivity index is 2.14. The fraction of sp³-hybridized carbons (Fsp3) is 0.462. The highest BCUT2D eigenvalue weighted by Crippen LogP contribution is 2.26. The number of carbonyl (C=O) groups excluding carboxylic acids is 1. The zero-order valence-electron chi connectivity index (χ0n) is 9.74. The molecule has 2 unspecified atom stereocenters. The van der Waals surface area contributed by atoms with Crippen molar-refractivity contribution in [3.8, 4) is 5.75 Å². The Hall–Kier alpha value is -1.58. The van der Waals surface area contributed by atoms with E-state index < -0.39 is 11.7 Å². The molecule has 0 bridgehead atoms. The van der Waals surface area contributed by atoms with E-state index in [1.165, 1.54) is 18.2 Å². The predicted molar refractivity (Wildman–Crippen MR) is 62.3 cm³/mol. The molecule has 2 atom stereocenters. The van der Waals surface area contributed by atoms with Crippen molar-refractivity contribution in [2.45, 2.75) is 32.2 Å². The third-order valence-corrected chi connectivity index (χ3v) is 3.40. The van der Waals surface area contributed by atoms with Gasteiger partial charge in [0.2, 0.25) is 0 Å². The van der Waals surface area contributed by atoms with Crippen molar-refractivity contribution in [3.63, 3.8) is 0 Å². The molecular weight excluding hydrogens is 221 g/mol. The number of aromatic hydroxyl groups is 1. The van der Waals surface area contributed by atoms with E-state index in [4.69, 9.17) is 0 Å². The third-order valence-electron chi connectivity index (χ3n) is 3.40. The minimum atomic E-state index is -0.687. The van der Waals surface area contributed by atoms with Crippen LogP contribution in [0.2, 0.25) is 0 Å². The van der Waals surface area contributed by atoms with Crippen LogP contribution >= 0.6 is 0 Å². The van der Waals surface area contributed by atoms with Gasteiger partial charge in [0, 0.05) is 6.04 Å². The van der Waals surface area contributed by atoms with Crippen LogP contribution in [0.5, 0.6) is 5.75 Å². The van der Waals surface area contributed by atoms with Crippen LogP contribution in [0.1, 0.15) is 36.5 Å². The molecule has 2 N–H and O–H groups in total. The minimum Gasteiger partial charge on any atom is -0.507 e. The quantitative estimate of drug-likeness (QED) is 0.830. The van der Waals surface area contributed by atoms with Crippen LogP contribution in [0.3, 0.4) is 0 Å². The largest absolute Gasteiger partial charge is 0.507 e. The number of phenolic OH excluding ortho intramolecular Hbond substituents is 1. The molecule has 92 valence electrons. The second-order valence-corrected chi connectivity index (χ2v) is 4.62. The summed E-state index contributed by atoms with van der Waals surface area (Å²) in [5.41, 5.74) is -0.258. The number of hydrogen-bond donors (Lipinski definition) is 2. The van der Waals surface area contributed by atoms with Crippen LogP contribution < -0.4 is 5.32 Å². The first-order chi connectivity index (χ1) is 8.09. The molecule has 4 heteroatoms. The van der Waals surface area contributed by atoms with E-state index in [1.807, 2.05) is 0 Å². The Morgan fingerprint density at radius 1 is 1.47 bits per heavy atom. The van der Waals surface area contributed by atoms with Gasteiger partial charge in [-0.1, -0.05) is 19.4 Å². The Bertz CT molecular complexity index is 413. The summed E-state index contributed by atoms with van der Waals surface area (Å²) in [6.45, 7) is 2.07. The van der Waals surface area contributed by atoms with E-state index in [-0.39, 0.29) is 17.4 Å². The minimum absolute atomic E-state index is 0.0847. The van der Waals surface area contributed by atoms with Gasteiger partial charge in [0.05, 0.1) is 0 Å². The maximum absolute atomic E-state index is 13.5. The molecule has 0 radical (unpaired) electrons. The number of nitrogens with one attached hydrogen (secondary N) is 1. The molecule has 1 saturated carbocycles. The number of carbonyl (C=O) groups is 1. The molecule has 1 aromatic rings. The monoisotopic (exact) mass is 237 g/mol. The summed E-state index contributed by atoms with van der Waals surface area (Å²) in [5, 5.41) is 12.3. The van der Waals surface area contributed by atoms with Gasteiger partial charge in [0.25, 0.3) is 5.91 Å². The number of hydrogen-bond acceptors (Lipinski definition) is 2. The van der Waals surface area contributed by atoms with Crippen molar-refractivity contribution >= 4 is 5.91 Å². The smallest absolute Gasteiger partial charge is 0.258 e. The molecule has 1 fully saturated rings. The van der Waals surface area contributed by atoms with E-state index in [1.54, 1.807) is 0 Å². The van der Waals surface area contributed by atoms with Crippen molar-refractivity contribution in [2.24, 2.45) is 5.92 Å². The van der Waals surface area contributed by atoms with Crippen LogP contribution in [0.25, 0.3) is 0 Å². The zero-order chi connectivity index (χ0) is 12.4. The van der Waals surface area contributed by atoms with Gasteiger partial charge in [-0.15, -0.1) is 0 Å². The molecule has 1 aromatic carbocycles. The summed E-state index contributed by atoms with van der Waals surface area (Å²) >= 11 is 0. The van der Waals surface area contributed by atoms with Crippen LogP contribution in [0.15, 0.2) is 18.2 Å². The molecule has 3 nitrogen and oxygen atoms in total. The van der Waals surface area contributed by atoms with Crippen LogP contribution in [-0.4, -0.2) is 17.1 Å². The average molecular weight is 237 g/mol. The lowest BCUT2D eigenvalue weighted by molar-refractivity contribution is 0.0922. The molecule has 0 aliphatic heterocycles. The second kappa shape index (κ2) is 4.73. The van der Waals surface area contributed by atoms with Crippen molar-refractivity contribution in [3.05, 3.63) is 29.6 Å². The Morgan fingerprint density at radius 3 is 2.82 bits per heavy atom. The molecule has 0 heterocycles. The number of phenols is 1. The molecule has 1 aliphatic rings. The predicted octanol–water partition coefficient (Wildman–Crippen LogP) is 2.45. The lowest BCUT2D eigenvalue weighted by atomic mass is 10.1. The van der Waals surface area contributed by atoms with Crippen molar-refractivity contribution in [2.75, 3.05) is 0 Å². The third kappa shape index (κ3) is 2.40. The number of rotatable bonds is 2. The highest BCUT2D eigenvalue weighted by Gasteiger charge is 2.27. The standard InChI is InChI=1S/C13H16FNO2/c1-8-4-2-6-10(8)15-13(17)12-9(14)5-3-7-11(12)16/h3,5,7-8,10,16H,2,4,6H2,1H3,(H,15,17). The molecule has 17 heavy (non-hydrogen) atoms. The van der Waals surface area contributed by atoms with Gasteiger partial charge in [-0.05, 0) is 30.9 Å². The second-order valence-electron chi connectivity index (χ2n) is 4.62.